The Kier molecular flexibility index (Phi) is 4.16. The van der Waals surface area contributed by atoms with Crippen LogP contribution in [0, 0.1) is 11.2 Å². The molecule has 0 saturated carbocycles. The maximum Gasteiger partial charge on any atom is 0.309 e. The van der Waals surface area contributed by atoms with Crippen molar-refractivity contribution < 1.29 is 23.8 Å². The molecule has 114 valence electrons. The van der Waals surface area contributed by atoms with Crippen LogP contribution in [0.5, 0.6) is 5.75 Å². The third-order valence-corrected chi connectivity index (χ3v) is 4.08. The minimum Gasteiger partial charge on any atom is -0.496 e. The summed E-state index contributed by atoms with van der Waals surface area (Å²) in [5.41, 5.74) is -0.922. The van der Waals surface area contributed by atoms with Crippen molar-refractivity contribution in [2.75, 3.05) is 20.2 Å². The molecular weight excluding hydrogens is 277 g/mol. The lowest BCUT2D eigenvalue weighted by atomic mass is 9.80. The molecule has 0 atom stereocenters. The summed E-state index contributed by atoms with van der Waals surface area (Å²) in [6, 6.07) is 4.21. The van der Waals surface area contributed by atoms with Crippen LogP contribution >= 0.6 is 0 Å². The third kappa shape index (κ3) is 2.84. The van der Waals surface area contributed by atoms with Crippen LogP contribution in [0.4, 0.5) is 4.39 Å². The highest BCUT2D eigenvalue weighted by Crippen LogP contribution is 2.32. The lowest BCUT2D eigenvalue weighted by Crippen LogP contribution is -2.45. The maximum absolute atomic E-state index is 13.9. The van der Waals surface area contributed by atoms with Crippen molar-refractivity contribution >= 4 is 11.9 Å². The van der Waals surface area contributed by atoms with E-state index in [1.165, 1.54) is 30.2 Å². The molecule has 1 aromatic rings. The molecule has 0 aliphatic carbocycles. The van der Waals surface area contributed by atoms with Gasteiger partial charge in [0.05, 0.1) is 12.5 Å². The summed E-state index contributed by atoms with van der Waals surface area (Å²) >= 11 is 0. The molecule has 2 rings (SSSR count). The maximum atomic E-state index is 13.9. The zero-order valence-corrected chi connectivity index (χ0v) is 12.1. The molecule has 6 heteroatoms. The Morgan fingerprint density at radius 2 is 1.95 bits per heavy atom. The van der Waals surface area contributed by atoms with Gasteiger partial charge in [0.1, 0.15) is 17.1 Å². The van der Waals surface area contributed by atoms with E-state index in [4.69, 9.17) is 4.74 Å². The number of nitrogens with zero attached hydrogens (tertiary/aromatic N) is 1. The van der Waals surface area contributed by atoms with Gasteiger partial charge >= 0.3 is 5.97 Å². The number of hydrogen-bond acceptors (Lipinski definition) is 3. The number of amides is 1. The van der Waals surface area contributed by atoms with Crippen molar-refractivity contribution in [3.05, 3.63) is 29.6 Å². The molecule has 21 heavy (non-hydrogen) atoms. The summed E-state index contributed by atoms with van der Waals surface area (Å²) in [7, 11) is 1.38. The highest BCUT2D eigenvalue weighted by Gasteiger charge is 2.38. The molecule has 0 radical (unpaired) electrons. The molecule has 0 spiro atoms. The van der Waals surface area contributed by atoms with Crippen molar-refractivity contribution in [2.45, 2.75) is 19.8 Å². The van der Waals surface area contributed by atoms with Gasteiger partial charge in [0.15, 0.2) is 0 Å². The highest BCUT2D eigenvalue weighted by molar-refractivity contribution is 5.97. The predicted octanol–water partition coefficient (Wildman–Crippen LogP) is 2.16. The fraction of sp³-hybridized carbons (Fsp3) is 0.467. The molecular formula is C15H18FNO4. The zero-order chi connectivity index (χ0) is 15.6. The number of benzene rings is 1. The largest absolute Gasteiger partial charge is 0.496 e. The summed E-state index contributed by atoms with van der Waals surface area (Å²) in [6.07, 6.45) is 0.704. The third-order valence-electron chi connectivity index (χ3n) is 4.08. The van der Waals surface area contributed by atoms with Gasteiger partial charge in [-0.1, -0.05) is 6.07 Å². The van der Waals surface area contributed by atoms with Crippen LogP contribution in [0.2, 0.25) is 0 Å². The van der Waals surface area contributed by atoms with Crippen LogP contribution < -0.4 is 4.74 Å². The van der Waals surface area contributed by atoms with Crippen LogP contribution in [0.3, 0.4) is 0 Å². The Hall–Kier alpha value is -2.11. The standard InChI is InChI=1S/C15H18FNO4/c1-15(14(19)20)6-8-17(9-7-15)13(18)12-10(16)4-3-5-11(12)21-2/h3-5H,6-9H2,1-2H3,(H,19,20). The van der Waals surface area contributed by atoms with Gasteiger partial charge in [-0.2, -0.15) is 0 Å². The summed E-state index contributed by atoms with van der Waals surface area (Å²) < 4.78 is 18.9. The zero-order valence-electron chi connectivity index (χ0n) is 12.1. The second-order valence-corrected chi connectivity index (χ2v) is 5.48. The minimum absolute atomic E-state index is 0.0982. The van der Waals surface area contributed by atoms with Gasteiger partial charge in [0.25, 0.3) is 5.91 Å². The highest BCUT2D eigenvalue weighted by atomic mass is 19.1. The van der Waals surface area contributed by atoms with Crippen LogP contribution in [-0.2, 0) is 4.79 Å². The van der Waals surface area contributed by atoms with Crippen molar-refractivity contribution in [1.82, 2.24) is 4.90 Å². The normalized spacial score (nSPS) is 17.4. The lowest BCUT2D eigenvalue weighted by Gasteiger charge is -2.36. The van der Waals surface area contributed by atoms with Gasteiger partial charge < -0.3 is 14.7 Å². The average molecular weight is 295 g/mol. The number of piperidine rings is 1. The van der Waals surface area contributed by atoms with Crippen LogP contribution in [0.25, 0.3) is 0 Å². The topological polar surface area (TPSA) is 66.8 Å². The predicted molar refractivity (Wildman–Crippen MR) is 73.8 cm³/mol. The Morgan fingerprint density at radius 1 is 1.33 bits per heavy atom. The fourth-order valence-corrected chi connectivity index (χ4v) is 2.46. The van der Waals surface area contributed by atoms with Gasteiger partial charge in [0, 0.05) is 13.1 Å². The molecule has 1 aliphatic heterocycles. The number of rotatable bonds is 3. The molecule has 1 saturated heterocycles. The van der Waals surface area contributed by atoms with Gasteiger partial charge in [0.2, 0.25) is 0 Å². The van der Waals surface area contributed by atoms with E-state index in [1.807, 2.05) is 0 Å². The van der Waals surface area contributed by atoms with E-state index in [0.29, 0.717) is 25.9 Å². The minimum atomic E-state index is -0.863. The van der Waals surface area contributed by atoms with E-state index in [2.05, 4.69) is 0 Å². The number of halogens is 1. The molecule has 0 bridgehead atoms. The van der Waals surface area contributed by atoms with E-state index in [0.717, 1.165) is 0 Å². The Morgan fingerprint density at radius 3 is 2.48 bits per heavy atom. The van der Waals surface area contributed by atoms with E-state index < -0.39 is 23.1 Å². The van der Waals surface area contributed by atoms with E-state index >= 15 is 0 Å². The molecule has 1 aliphatic rings. The summed E-state index contributed by atoms with van der Waals surface area (Å²) in [4.78, 5) is 25.1. The Labute approximate surface area is 122 Å². The SMILES string of the molecule is COc1cccc(F)c1C(=O)N1CCC(C)(C(=O)O)CC1. The number of ether oxygens (including phenoxy) is 1. The molecule has 1 fully saturated rings. The quantitative estimate of drug-likeness (QED) is 0.928. The van der Waals surface area contributed by atoms with Gasteiger partial charge in [-0.15, -0.1) is 0 Å². The van der Waals surface area contributed by atoms with Crippen LogP contribution in [0.1, 0.15) is 30.1 Å². The van der Waals surface area contributed by atoms with Crippen molar-refractivity contribution in [3.63, 3.8) is 0 Å². The summed E-state index contributed by atoms with van der Waals surface area (Å²) in [6.45, 7) is 2.25. The average Bonchev–Trinajstić information content (AvgIpc) is 2.47. The monoisotopic (exact) mass is 295 g/mol. The van der Waals surface area contributed by atoms with Crippen molar-refractivity contribution in [2.24, 2.45) is 5.41 Å². The first-order valence-corrected chi connectivity index (χ1v) is 6.74. The number of carboxylic acid groups (broad SMARTS) is 1. The molecule has 0 aromatic heterocycles. The molecule has 5 nitrogen and oxygen atoms in total. The van der Waals surface area contributed by atoms with Crippen LogP contribution in [0.15, 0.2) is 18.2 Å². The van der Waals surface area contributed by atoms with Gasteiger partial charge in [-0.3, -0.25) is 9.59 Å². The second-order valence-electron chi connectivity index (χ2n) is 5.48. The fourth-order valence-electron chi connectivity index (χ4n) is 2.46. The summed E-state index contributed by atoms with van der Waals surface area (Å²) in [5.74, 6) is -1.77. The Bertz CT molecular complexity index is 565. The number of aliphatic carboxylic acids is 1. The number of carboxylic acids is 1. The smallest absolute Gasteiger partial charge is 0.309 e. The number of methoxy groups -OCH3 is 1. The van der Waals surface area contributed by atoms with E-state index in [9.17, 15) is 19.1 Å². The Balaban J connectivity index is 2.18. The molecule has 1 amide bonds. The number of carbonyl (C=O) groups excluding carboxylic acids is 1. The first kappa shape index (κ1) is 15.3. The van der Waals surface area contributed by atoms with E-state index in [1.54, 1.807) is 6.92 Å². The number of likely N-dealkylation sites (tertiary alicyclic amines) is 1. The van der Waals surface area contributed by atoms with Gasteiger partial charge in [-0.05, 0) is 31.9 Å². The summed E-state index contributed by atoms with van der Waals surface area (Å²) in [5, 5.41) is 9.18. The first-order valence-electron chi connectivity index (χ1n) is 6.74. The van der Waals surface area contributed by atoms with E-state index in [-0.39, 0.29) is 11.3 Å². The number of hydrogen-bond donors (Lipinski definition) is 1. The molecule has 0 unspecified atom stereocenters. The second kappa shape index (κ2) is 5.71. The first-order chi connectivity index (χ1) is 9.89. The molecule has 1 aromatic carbocycles. The van der Waals surface area contributed by atoms with Crippen molar-refractivity contribution in [1.29, 1.82) is 0 Å². The van der Waals surface area contributed by atoms with Gasteiger partial charge in [-0.25, -0.2) is 4.39 Å². The number of carbonyl (C=O) groups is 2. The van der Waals surface area contributed by atoms with Crippen LogP contribution in [-0.4, -0.2) is 42.1 Å². The van der Waals surface area contributed by atoms with Crippen molar-refractivity contribution in [3.8, 4) is 5.75 Å². The molecule has 1 N–H and O–H groups in total. The lowest BCUT2D eigenvalue weighted by molar-refractivity contribution is -0.150. The molecule has 1 heterocycles.